The van der Waals surface area contributed by atoms with Crippen molar-refractivity contribution in [1.82, 2.24) is 19.9 Å². The highest BCUT2D eigenvalue weighted by Gasteiger charge is 2.41. The van der Waals surface area contributed by atoms with Crippen molar-refractivity contribution in [3.05, 3.63) is 64.9 Å². The number of carboxylic acids is 1. The Bertz CT molecular complexity index is 1010. The molecule has 142 valence electrons. The molecule has 0 saturated carbocycles. The predicted molar refractivity (Wildman–Crippen MR) is 104 cm³/mol. The predicted octanol–water partition coefficient (Wildman–Crippen LogP) is 2.85. The number of hydrogen-bond donors (Lipinski definition) is 1. The molecule has 1 aliphatic rings. The lowest BCUT2D eigenvalue weighted by molar-refractivity contribution is -0.141. The number of carbonyl (C=O) groups excluding carboxylic acids is 1. The van der Waals surface area contributed by atoms with E-state index in [9.17, 15) is 14.7 Å². The fourth-order valence-corrected chi connectivity index (χ4v) is 4.48. The van der Waals surface area contributed by atoms with Gasteiger partial charge in [0.15, 0.2) is 10.8 Å². The second-order valence-electron chi connectivity index (χ2n) is 6.68. The highest BCUT2D eigenvalue weighted by atomic mass is 32.1. The third-order valence-electron chi connectivity index (χ3n) is 4.90. The standard InChI is InChI=1S/C20H18N4O3S/c1-12-16(28-18(23-12)17-21-8-5-9-22-17)19(25)24-10-14(15(11-24)20(26)27)13-6-3-2-4-7-13/h2-9,14-15H,10-11H2,1H3,(H,26,27). The van der Waals surface area contributed by atoms with Gasteiger partial charge in [-0.1, -0.05) is 30.3 Å². The zero-order chi connectivity index (χ0) is 19.7. The number of carboxylic acid groups (broad SMARTS) is 1. The molecule has 4 rings (SSSR count). The lowest BCUT2D eigenvalue weighted by atomic mass is 9.89. The van der Waals surface area contributed by atoms with E-state index in [1.807, 2.05) is 30.3 Å². The summed E-state index contributed by atoms with van der Waals surface area (Å²) in [6.45, 7) is 2.33. The molecule has 1 aromatic carbocycles. The first kappa shape index (κ1) is 18.2. The second kappa shape index (κ2) is 7.47. The van der Waals surface area contributed by atoms with E-state index in [0.717, 1.165) is 5.56 Å². The van der Waals surface area contributed by atoms with E-state index in [0.29, 0.717) is 27.9 Å². The SMILES string of the molecule is Cc1nc(-c2ncccn2)sc1C(=O)N1CC(C(=O)O)C(c2ccccc2)C1. The van der Waals surface area contributed by atoms with Crippen molar-refractivity contribution in [3.63, 3.8) is 0 Å². The summed E-state index contributed by atoms with van der Waals surface area (Å²) in [5.41, 5.74) is 1.54. The van der Waals surface area contributed by atoms with Crippen LogP contribution in [0.2, 0.25) is 0 Å². The van der Waals surface area contributed by atoms with Crippen LogP contribution in [0.5, 0.6) is 0 Å². The number of aromatic nitrogens is 3. The molecule has 1 aliphatic heterocycles. The van der Waals surface area contributed by atoms with Crippen LogP contribution in [0.1, 0.15) is 26.8 Å². The van der Waals surface area contributed by atoms with Crippen LogP contribution in [0, 0.1) is 12.8 Å². The maximum atomic E-state index is 13.1. The van der Waals surface area contributed by atoms with E-state index in [-0.39, 0.29) is 18.4 Å². The number of thiazole rings is 1. The molecule has 7 nitrogen and oxygen atoms in total. The minimum Gasteiger partial charge on any atom is -0.481 e. The van der Waals surface area contributed by atoms with Gasteiger partial charge < -0.3 is 10.0 Å². The summed E-state index contributed by atoms with van der Waals surface area (Å²) >= 11 is 1.24. The number of carbonyl (C=O) groups is 2. The first-order valence-electron chi connectivity index (χ1n) is 8.86. The fraction of sp³-hybridized carbons (Fsp3) is 0.250. The largest absolute Gasteiger partial charge is 0.481 e. The second-order valence-corrected chi connectivity index (χ2v) is 7.68. The molecule has 0 spiro atoms. The fourth-order valence-electron chi connectivity index (χ4n) is 3.50. The van der Waals surface area contributed by atoms with Crippen molar-refractivity contribution < 1.29 is 14.7 Å². The highest BCUT2D eigenvalue weighted by molar-refractivity contribution is 7.17. The minimum absolute atomic E-state index is 0.183. The van der Waals surface area contributed by atoms with Crippen LogP contribution < -0.4 is 0 Å². The molecular weight excluding hydrogens is 376 g/mol. The van der Waals surface area contributed by atoms with Crippen LogP contribution in [0.25, 0.3) is 10.8 Å². The summed E-state index contributed by atoms with van der Waals surface area (Å²) in [5, 5.41) is 10.2. The first-order valence-corrected chi connectivity index (χ1v) is 9.68. The third-order valence-corrected chi connectivity index (χ3v) is 6.04. The van der Waals surface area contributed by atoms with Gasteiger partial charge >= 0.3 is 5.97 Å². The van der Waals surface area contributed by atoms with Gasteiger partial charge in [-0.25, -0.2) is 15.0 Å². The van der Waals surface area contributed by atoms with Crippen LogP contribution >= 0.6 is 11.3 Å². The average Bonchev–Trinajstić information content (AvgIpc) is 3.33. The summed E-state index contributed by atoms with van der Waals surface area (Å²) in [6.07, 6.45) is 3.26. The number of likely N-dealkylation sites (tertiary alicyclic amines) is 1. The van der Waals surface area contributed by atoms with Gasteiger partial charge in [-0.2, -0.15) is 0 Å². The summed E-state index contributed by atoms with van der Waals surface area (Å²) in [4.78, 5) is 39.8. The summed E-state index contributed by atoms with van der Waals surface area (Å²) in [6, 6.07) is 11.2. The van der Waals surface area contributed by atoms with E-state index in [1.165, 1.54) is 11.3 Å². The maximum Gasteiger partial charge on any atom is 0.308 e. The molecular formula is C20H18N4O3S. The molecule has 3 heterocycles. The zero-order valence-corrected chi connectivity index (χ0v) is 16.0. The first-order chi connectivity index (χ1) is 13.5. The van der Waals surface area contributed by atoms with Crippen molar-refractivity contribution in [1.29, 1.82) is 0 Å². The summed E-state index contributed by atoms with van der Waals surface area (Å²) in [5.74, 6) is -1.46. The molecule has 2 aromatic heterocycles. The highest BCUT2D eigenvalue weighted by Crippen LogP contribution is 2.35. The van der Waals surface area contributed by atoms with Gasteiger partial charge in [-0.15, -0.1) is 11.3 Å². The van der Waals surface area contributed by atoms with E-state index in [2.05, 4.69) is 15.0 Å². The lowest BCUT2D eigenvalue weighted by Crippen LogP contribution is -2.29. The quantitative estimate of drug-likeness (QED) is 0.731. The summed E-state index contributed by atoms with van der Waals surface area (Å²) in [7, 11) is 0. The number of hydrogen-bond acceptors (Lipinski definition) is 6. The monoisotopic (exact) mass is 394 g/mol. The molecule has 8 heteroatoms. The molecule has 2 atom stereocenters. The van der Waals surface area contributed by atoms with Crippen LogP contribution in [0.3, 0.4) is 0 Å². The lowest BCUT2D eigenvalue weighted by Gasteiger charge is -2.16. The van der Waals surface area contributed by atoms with Crippen LogP contribution in [-0.2, 0) is 4.79 Å². The molecule has 1 fully saturated rings. The van der Waals surface area contributed by atoms with E-state index < -0.39 is 11.9 Å². The Labute approximate surface area is 165 Å². The summed E-state index contributed by atoms with van der Waals surface area (Å²) < 4.78 is 0. The number of amides is 1. The Kier molecular flexibility index (Phi) is 4.87. The number of rotatable bonds is 4. The molecule has 0 aliphatic carbocycles. The minimum atomic E-state index is -0.886. The van der Waals surface area contributed by atoms with E-state index in [1.54, 1.807) is 30.3 Å². The Morgan fingerprint density at radius 3 is 2.50 bits per heavy atom. The van der Waals surface area contributed by atoms with Crippen molar-refractivity contribution in [2.75, 3.05) is 13.1 Å². The van der Waals surface area contributed by atoms with Gasteiger partial charge in [-0.3, -0.25) is 9.59 Å². The Balaban J connectivity index is 1.60. The molecule has 1 N–H and O–H groups in total. The van der Waals surface area contributed by atoms with Gasteiger partial charge in [0.1, 0.15) is 4.88 Å². The molecule has 2 unspecified atom stereocenters. The van der Waals surface area contributed by atoms with Crippen molar-refractivity contribution >= 4 is 23.2 Å². The molecule has 1 saturated heterocycles. The molecule has 28 heavy (non-hydrogen) atoms. The number of nitrogens with zero attached hydrogens (tertiary/aromatic N) is 4. The Morgan fingerprint density at radius 1 is 1.11 bits per heavy atom. The van der Waals surface area contributed by atoms with Crippen LogP contribution in [0.15, 0.2) is 48.8 Å². The normalized spacial score (nSPS) is 19.0. The van der Waals surface area contributed by atoms with Gasteiger partial charge in [0.2, 0.25) is 0 Å². The molecule has 3 aromatic rings. The van der Waals surface area contributed by atoms with Crippen molar-refractivity contribution in [2.45, 2.75) is 12.8 Å². The van der Waals surface area contributed by atoms with Crippen LogP contribution in [0.4, 0.5) is 0 Å². The van der Waals surface area contributed by atoms with E-state index in [4.69, 9.17) is 0 Å². The van der Waals surface area contributed by atoms with Crippen molar-refractivity contribution in [2.24, 2.45) is 5.92 Å². The van der Waals surface area contributed by atoms with Crippen molar-refractivity contribution in [3.8, 4) is 10.8 Å². The topological polar surface area (TPSA) is 96.3 Å². The number of benzene rings is 1. The Morgan fingerprint density at radius 2 is 1.82 bits per heavy atom. The molecule has 0 radical (unpaired) electrons. The molecule has 1 amide bonds. The maximum absolute atomic E-state index is 13.1. The third kappa shape index (κ3) is 3.38. The van der Waals surface area contributed by atoms with Crippen LogP contribution in [-0.4, -0.2) is 49.9 Å². The number of aryl methyl sites for hydroxylation is 1. The smallest absolute Gasteiger partial charge is 0.308 e. The van der Waals surface area contributed by atoms with E-state index >= 15 is 0 Å². The average molecular weight is 394 g/mol. The Hall–Kier alpha value is -3.13. The van der Waals surface area contributed by atoms with Gasteiger partial charge in [0, 0.05) is 31.4 Å². The van der Waals surface area contributed by atoms with Gasteiger partial charge in [0.25, 0.3) is 5.91 Å². The van der Waals surface area contributed by atoms with Gasteiger partial charge in [-0.05, 0) is 18.6 Å². The molecule has 0 bridgehead atoms. The number of aliphatic carboxylic acids is 1. The zero-order valence-electron chi connectivity index (χ0n) is 15.1. The van der Waals surface area contributed by atoms with Gasteiger partial charge in [0.05, 0.1) is 11.6 Å².